The van der Waals surface area contributed by atoms with Crippen molar-refractivity contribution in [1.29, 1.82) is 5.26 Å². The fourth-order valence-corrected chi connectivity index (χ4v) is 3.00. The van der Waals surface area contributed by atoms with Gasteiger partial charge in [-0.3, -0.25) is 0 Å². The van der Waals surface area contributed by atoms with Gasteiger partial charge in [-0.05, 0) is 50.6 Å². The molecule has 0 N–H and O–H groups in total. The van der Waals surface area contributed by atoms with Gasteiger partial charge in [0.2, 0.25) is 0 Å². The molecule has 0 amide bonds. The van der Waals surface area contributed by atoms with Gasteiger partial charge < -0.3 is 14.2 Å². The smallest absolute Gasteiger partial charge is 0.132 e. The van der Waals surface area contributed by atoms with E-state index in [4.69, 9.17) is 14.2 Å². The number of hydrogen-bond acceptors (Lipinski definition) is 5. The van der Waals surface area contributed by atoms with Gasteiger partial charge in [-0.15, -0.1) is 0 Å². The Kier molecular flexibility index (Phi) is 7.61. The van der Waals surface area contributed by atoms with Crippen LogP contribution in [0.5, 0.6) is 5.75 Å². The molecule has 156 valence electrons. The van der Waals surface area contributed by atoms with E-state index in [-0.39, 0.29) is 12.7 Å². The van der Waals surface area contributed by atoms with Crippen LogP contribution in [0.4, 0.5) is 0 Å². The maximum absolute atomic E-state index is 9.56. The largest absolute Gasteiger partial charge is 0.487 e. The summed E-state index contributed by atoms with van der Waals surface area (Å²) in [5.74, 6) is 0.726. The number of nitriles is 1. The molecule has 2 aromatic carbocycles. The summed E-state index contributed by atoms with van der Waals surface area (Å²) < 4.78 is 18.8. The molecule has 6 heteroatoms. The maximum Gasteiger partial charge on any atom is 0.132 e. The minimum absolute atomic E-state index is 0.216. The van der Waals surface area contributed by atoms with Crippen LogP contribution in [0.15, 0.2) is 54.6 Å². The number of para-hydroxylation sites is 1. The predicted molar refractivity (Wildman–Crippen MR) is 115 cm³/mol. The van der Waals surface area contributed by atoms with Crippen molar-refractivity contribution < 1.29 is 14.2 Å². The number of aromatic nitrogens is 2. The van der Waals surface area contributed by atoms with Crippen molar-refractivity contribution in [3.8, 4) is 17.5 Å². The molecule has 3 aromatic rings. The Hall–Kier alpha value is -3.14. The third kappa shape index (κ3) is 5.69. The lowest BCUT2D eigenvalue weighted by Gasteiger charge is -2.11. The second-order valence-corrected chi connectivity index (χ2v) is 7.17. The van der Waals surface area contributed by atoms with E-state index < -0.39 is 0 Å². The van der Waals surface area contributed by atoms with Gasteiger partial charge in [0.15, 0.2) is 0 Å². The monoisotopic (exact) mass is 405 g/mol. The first-order valence-corrected chi connectivity index (χ1v) is 10.0. The Morgan fingerprint density at radius 1 is 1.00 bits per heavy atom. The van der Waals surface area contributed by atoms with Gasteiger partial charge in [0.25, 0.3) is 0 Å². The molecule has 3 rings (SSSR count). The minimum Gasteiger partial charge on any atom is -0.487 e. The molecule has 0 radical (unpaired) electrons. The summed E-state index contributed by atoms with van der Waals surface area (Å²) in [5.41, 5.74) is 3.93. The fraction of sp³-hybridized carbons (Fsp3) is 0.333. The predicted octanol–water partition coefficient (Wildman–Crippen LogP) is 4.57. The molecule has 0 saturated heterocycles. The van der Waals surface area contributed by atoms with Crippen LogP contribution in [-0.2, 0) is 22.7 Å². The summed E-state index contributed by atoms with van der Waals surface area (Å²) in [4.78, 5) is 0. The highest BCUT2D eigenvalue weighted by molar-refractivity contribution is 5.43. The van der Waals surface area contributed by atoms with Crippen LogP contribution in [0.1, 0.15) is 36.4 Å². The molecule has 1 heterocycles. The van der Waals surface area contributed by atoms with E-state index in [1.165, 1.54) is 0 Å². The highest BCUT2D eigenvalue weighted by atomic mass is 16.5. The van der Waals surface area contributed by atoms with Crippen molar-refractivity contribution in [2.45, 2.75) is 40.1 Å². The van der Waals surface area contributed by atoms with Gasteiger partial charge in [0.05, 0.1) is 43.0 Å². The second-order valence-electron chi connectivity index (χ2n) is 7.17. The number of rotatable bonds is 10. The van der Waals surface area contributed by atoms with Gasteiger partial charge in [0.1, 0.15) is 24.0 Å². The van der Waals surface area contributed by atoms with Crippen LogP contribution < -0.4 is 4.74 Å². The molecule has 0 spiro atoms. The van der Waals surface area contributed by atoms with Crippen LogP contribution in [0.3, 0.4) is 0 Å². The van der Waals surface area contributed by atoms with Gasteiger partial charge in [0, 0.05) is 0 Å². The molecule has 6 nitrogen and oxygen atoms in total. The molecular formula is C24H27N3O3. The van der Waals surface area contributed by atoms with Crippen molar-refractivity contribution >= 4 is 0 Å². The Balaban J connectivity index is 1.61. The molecule has 0 aliphatic carbocycles. The molecule has 0 bridgehead atoms. The normalized spacial score (nSPS) is 10.9. The SMILES string of the molecule is Cc1nn(-c2ccccc2)c(COc2ccc(COCCOC(C)C)cc2)c1C#N. The summed E-state index contributed by atoms with van der Waals surface area (Å²) in [6.07, 6.45) is 0.216. The quantitative estimate of drug-likeness (QED) is 0.462. The lowest BCUT2D eigenvalue weighted by atomic mass is 10.2. The highest BCUT2D eigenvalue weighted by Crippen LogP contribution is 2.21. The Bertz CT molecular complexity index is 973. The molecule has 1 aromatic heterocycles. The van der Waals surface area contributed by atoms with Gasteiger partial charge in [-0.1, -0.05) is 30.3 Å². The van der Waals surface area contributed by atoms with E-state index >= 15 is 0 Å². The number of benzene rings is 2. The lowest BCUT2D eigenvalue weighted by Crippen LogP contribution is -2.09. The third-order valence-corrected chi connectivity index (χ3v) is 4.52. The number of aryl methyl sites for hydroxylation is 1. The zero-order chi connectivity index (χ0) is 21.3. The molecule has 0 aliphatic rings. The van der Waals surface area contributed by atoms with E-state index in [9.17, 15) is 5.26 Å². The molecular weight excluding hydrogens is 378 g/mol. The molecule has 0 saturated carbocycles. The Labute approximate surface area is 177 Å². The number of hydrogen-bond donors (Lipinski definition) is 0. The van der Waals surface area contributed by atoms with E-state index in [1.54, 1.807) is 4.68 Å². The average Bonchev–Trinajstić information content (AvgIpc) is 3.08. The number of nitrogens with zero attached hydrogens (tertiary/aromatic N) is 3. The minimum atomic E-state index is 0.216. The van der Waals surface area contributed by atoms with E-state index in [2.05, 4.69) is 11.2 Å². The van der Waals surface area contributed by atoms with E-state index in [1.807, 2.05) is 75.4 Å². The second kappa shape index (κ2) is 10.6. The van der Waals surface area contributed by atoms with Crippen LogP contribution >= 0.6 is 0 Å². The van der Waals surface area contributed by atoms with Crippen LogP contribution in [0, 0.1) is 18.3 Å². The molecule has 0 unspecified atom stereocenters. The summed E-state index contributed by atoms with van der Waals surface area (Å²) >= 11 is 0. The maximum atomic E-state index is 9.56. The Morgan fingerprint density at radius 2 is 1.73 bits per heavy atom. The summed E-state index contributed by atoms with van der Waals surface area (Å²) in [6, 6.07) is 19.8. The lowest BCUT2D eigenvalue weighted by molar-refractivity contribution is 0.0143. The summed E-state index contributed by atoms with van der Waals surface area (Å²) in [7, 11) is 0. The van der Waals surface area contributed by atoms with Crippen LogP contribution in [0.25, 0.3) is 5.69 Å². The van der Waals surface area contributed by atoms with Crippen molar-refractivity contribution in [2.75, 3.05) is 13.2 Å². The van der Waals surface area contributed by atoms with Gasteiger partial charge in [-0.2, -0.15) is 10.4 Å². The first-order valence-electron chi connectivity index (χ1n) is 10.0. The zero-order valence-electron chi connectivity index (χ0n) is 17.7. The molecule has 0 atom stereocenters. The number of ether oxygens (including phenoxy) is 3. The topological polar surface area (TPSA) is 69.3 Å². The Morgan fingerprint density at radius 3 is 2.40 bits per heavy atom. The fourth-order valence-electron chi connectivity index (χ4n) is 3.00. The standard InChI is InChI=1S/C24H27N3O3/c1-18(2)29-14-13-28-16-20-9-11-22(12-10-20)30-17-24-23(15-25)19(3)26-27(24)21-7-5-4-6-8-21/h4-12,18H,13-14,16-17H2,1-3H3. The summed E-state index contributed by atoms with van der Waals surface area (Å²) in [6.45, 7) is 7.79. The van der Waals surface area contributed by atoms with E-state index in [0.717, 1.165) is 22.7 Å². The third-order valence-electron chi connectivity index (χ3n) is 4.52. The van der Waals surface area contributed by atoms with Crippen LogP contribution in [0.2, 0.25) is 0 Å². The van der Waals surface area contributed by atoms with Crippen molar-refractivity contribution in [3.63, 3.8) is 0 Å². The van der Waals surface area contributed by atoms with Crippen molar-refractivity contribution in [3.05, 3.63) is 77.1 Å². The van der Waals surface area contributed by atoms with Crippen LogP contribution in [-0.4, -0.2) is 29.1 Å². The first kappa shape index (κ1) is 21.6. The van der Waals surface area contributed by atoms with E-state index in [0.29, 0.717) is 31.1 Å². The molecule has 0 aliphatic heterocycles. The molecule has 0 fully saturated rings. The average molecular weight is 405 g/mol. The highest BCUT2D eigenvalue weighted by Gasteiger charge is 2.17. The van der Waals surface area contributed by atoms with Crippen molar-refractivity contribution in [1.82, 2.24) is 9.78 Å². The first-order chi connectivity index (χ1) is 14.6. The van der Waals surface area contributed by atoms with Gasteiger partial charge >= 0.3 is 0 Å². The van der Waals surface area contributed by atoms with Crippen molar-refractivity contribution in [2.24, 2.45) is 0 Å². The van der Waals surface area contributed by atoms with Gasteiger partial charge in [-0.25, -0.2) is 4.68 Å². The molecule has 30 heavy (non-hydrogen) atoms. The summed E-state index contributed by atoms with van der Waals surface area (Å²) in [5, 5.41) is 14.1. The zero-order valence-corrected chi connectivity index (χ0v) is 17.7.